The first-order valence-electron chi connectivity index (χ1n) is 16.5. The highest BCUT2D eigenvalue weighted by molar-refractivity contribution is 5.98. The molecule has 3 rings (SSSR count). The molecule has 0 spiro atoms. The molecule has 0 aliphatic carbocycles. The van der Waals surface area contributed by atoms with E-state index < -0.39 is 30.2 Å². The van der Waals surface area contributed by atoms with Gasteiger partial charge in [0.2, 0.25) is 0 Å². The van der Waals surface area contributed by atoms with Gasteiger partial charge >= 0.3 is 17.9 Å². The van der Waals surface area contributed by atoms with Crippen molar-refractivity contribution in [1.29, 1.82) is 0 Å². The summed E-state index contributed by atoms with van der Waals surface area (Å²) in [7, 11) is 6.27. The van der Waals surface area contributed by atoms with Crippen LogP contribution in [0.2, 0.25) is 0 Å². The van der Waals surface area contributed by atoms with E-state index in [1.165, 1.54) is 0 Å². The van der Waals surface area contributed by atoms with Gasteiger partial charge in [-0.2, -0.15) is 0 Å². The summed E-state index contributed by atoms with van der Waals surface area (Å²) >= 11 is 0. The Morgan fingerprint density at radius 1 is 0.500 bits per heavy atom. The standard InChI is InChI=1S/C35H63N3O6/c1-30(2)17-23(18-31(3,4)36(30)13)42-27(39)16-26(28(40)43-24-19-32(5,6)37(14)33(7,8)20-24)29(41)44-25-21-34(9,10)38(15)35(11,12)22-25/h23-26H,16-22H2,1-15H3. The molecule has 3 heterocycles. The molecule has 0 aromatic rings. The lowest BCUT2D eigenvalue weighted by atomic mass is 9.78. The van der Waals surface area contributed by atoms with E-state index in [9.17, 15) is 14.4 Å². The minimum atomic E-state index is -1.38. The Labute approximate surface area is 267 Å². The number of likely N-dealkylation sites (tertiary alicyclic amines) is 3. The average molecular weight is 622 g/mol. The first kappa shape index (κ1) is 36.8. The summed E-state index contributed by atoms with van der Waals surface area (Å²) in [5.74, 6) is -3.36. The molecule has 3 aliphatic rings. The smallest absolute Gasteiger partial charge is 0.321 e. The fourth-order valence-electron chi connectivity index (χ4n) is 8.25. The van der Waals surface area contributed by atoms with Crippen molar-refractivity contribution in [2.45, 2.75) is 180 Å². The van der Waals surface area contributed by atoms with E-state index in [0.717, 1.165) is 0 Å². The molecule has 3 saturated heterocycles. The van der Waals surface area contributed by atoms with Crippen molar-refractivity contribution in [3.63, 3.8) is 0 Å². The molecule has 0 aromatic carbocycles. The highest BCUT2D eigenvalue weighted by Gasteiger charge is 2.49. The van der Waals surface area contributed by atoms with E-state index in [2.05, 4.69) is 119 Å². The van der Waals surface area contributed by atoms with E-state index in [1.54, 1.807) is 0 Å². The van der Waals surface area contributed by atoms with Gasteiger partial charge in [-0.1, -0.05) is 0 Å². The fraction of sp³-hybridized carbons (Fsp3) is 0.914. The maximum absolute atomic E-state index is 13.8. The molecule has 3 aliphatic heterocycles. The molecule has 0 amide bonds. The Balaban J connectivity index is 1.81. The Hall–Kier alpha value is -1.71. The molecule has 3 fully saturated rings. The normalized spacial score (nSPS) is 27.5. The average Bonchev–Trinajstić information content (AvgIpc) is 2.81. The van der Waals surface area contributed by atoms with Gasteiger partial charge in [-0.3, -0.25) is 29.1 Å². The number of hydrogen-bond donors (Lipinski definition) is 0. The second kappa shape index (κ2) is 12.1. The van der Waals surface area contributed by atoms with Crippen LogP contribution >= 0.6 is 0 Å². The molecule has 0 atom stereocenters. The van der Waals surface area contributed by atoms with Crippen LogP contribution in [0, 0.1) is 5.92 Å². The van der Waals surface area contributed by atoms with Crippen LogP contribution in [0.4, 0.5) is 0 Å². The zero-order valence-electron chi connectivity index (χ0n) is 30.6. The first-order chi connectivity index (χ1) is 19.7. The van der Waals surface area contributed by atoms with Gasteiger partial charge < -0.3 is 14.2 Å². The molecular formula is C35H63N3O6. The number of hydrogen-bond acceptors (Lipinski definition) is 9. The third kappa shape index (κ3) is 7.98. The second-order valence-electron chi connectivity index (χ2n) is 17.8. The Morgan fingerprint density at radius 2 is 0.727 bits per heavy atom. The molecule has 9 heteroatoms. The Morgan fingerprint density at radius 3 is 0.977 bits per heavy atom. The second-order valence-corrected chi connectivity index (χ2v) is 17.8. The van der Waals surface area contributed by atoms with Gasteiger partial charge in [0.05, 0.1) is 6.42 Å². The third-order valence-electron chi connectivity index (χ3n) is 11.6. The lowest BCUT2D eigenvalue weighted by Crippen LogP contribution is -2.61. The van der Waals surface area contributed by atoms with E-state index in [-0.39, 0.29) is 51.5 Å². The summed E-state index contributed by atoms with van der Waals surface area (Å²) in [4.78, 5) is 48.0. The van der Waals surface area contributed by atoms with Gasteiger partial charge in [0, 0.05) is 71.8 Å². The van der Waals surface area contributed by atoms with Crippen LogP contribution in [0.1, 0.15) is 128 Å². The van der Waals surface area contributed by atoms with Gasteiger partial charge in [-0.05, 0) is 104 Å². The van der Waals surface area contributed by atoms with Crippen molar-refractivity contribution in [3.8, 4) is 0 Å². The number of nitrogens with zero attached hydrogens (tertiary/aromatic N) is 3. The van der Waals surface area contributed by atoms with Crippen molar-refractivity contribution in [2.24, 2.45) is 5.92 Å². The predicted octanol–water partition coefficient (Wildman–Crippen LogP) is 5.58. The van der Waals surface area contributed by atoms with Crippen LogP contribution in [0.5, 0.6) is 0 Å². The van der Waals surface area contributed by atoms with Gasteiger partial charge in [0.25, 0.3) is 0 Å². The van der Waals surface area contributed by atoms with E-state index in [1.807, 2.05) is 0 Å². The molecule has 0 radical (unpaired) electrons. The lowest BCUT2D eigenvalue weighted by molar-refractivity contribution is -0.182. The molecule has 9 nitrogen and oxygen atoms in total. The SMILES string of the molecule is CN1C(C)(C)CC(OC(=O)CC(C(=O)OC2CC(C)(C)N(C)C(C)(C)C2)C(=O)OC2CC(C)(C)N(C)C(C)(C)C2)CC1(C)C. The van der Waals surface area contributed by atoms with Crippen molar-refractivity contribution in [1.82, 2.24) is 14.7 Å². The number of piperidine rings is 3. The van der Waals surface area contributed by atoms with Crippen LogP contribution in [-0.4, -0.2) is 105 Å². The molecular weight excluding hydrogens is 558 g/mol. The molecule has 0 N–H and O–H groups in total. The minimum absolute atomic E-state index is 0.175. The number of rotatable bonds is 7. The summed E-state index contributed by atoms with van der Waals surface area (Å²) in [6.07, 6.45) is 2.35. The van der Waals surface area contributed by atoms with Gasteiger partial charge in [0.1, 0.15) is 18.3 Å². The summed E-state index contributed by atoms with van der Waals surface area (Å²) < 4.78 is 18.1. The molecule has 254 valence electrons. The number of carbonyl (C=O) groups excluding carboxylic acids is 3. The maximum Gasteiger partial charge on any atom is 0.321 e. The van der Waals surface area contributed by atoms with Gasteiger partial charge in [-0.15, -0.1) is 0 Å². The minimum Gasteiger partial charge on any atom is -0.462 e. The van der Waals surface area contributed by atoms with E-state index >= 15 is 0 Å². The first-order valence-corrected chi connectivity index (χ1v) is 16.5. The van der Waals surface area contributed by atoms with Gasteiger partial charge in [-0.25, -0.2) is 0 Å². The zero-order chi connectivity index (χ0) is 33.8. The summed E-state index contributed by atoms with van der Waals surface area (Å²) in [5, 5.41) is 0. The molecule has 0 unspecified atom stereocenters. The van der Waals surface area contributed by atoms with Crippen LogP contribution in [0.25, 0.3) is 0 Å². The van der Waals surface area contributed by atoms with Crippen molar-refractivity contribution >= 4 is 17.9 Å². The van der Waals surface area contributed by atoms with Gasteiger partial charge in [0.15, 0.2) is 5.92 Å². The number of esters is 3. The molecule has 0 aromatic heterocycles. The summed E-state index contributed by atoms with van der Waals surface area (Å²) in [5.41, 5.74) is -1.18. The number of carbonyl (C=O) groups is 3. The summed E-state index contributed by atoms with van der Waals surface area (Å²) in [6.45, 7) is 25.6. The lowest BCUT2D eigenvalue weighted by Gasteiger charge is -2.53. The maximum atomic E-state index is 13.8. The van der Waals surface area contributed by atoms with Crippen LogP contribution in [0.3, 0.4) is 0 Å². The van der Waals surface area contributed by atoms with Crippen molar-refractivity contribution in [2.75, 3.05) is 21.1 Å². The highest BCUT2D eigenvalue weighted by atomic mass is 16.6. The summed E-state index contributed by atoms with van der Waals surface area (Å²) in [6, 6.07) is 0. The zero-order valence-corrected chi connectivity index (χ0v) is 30.6. The van der Waals surface area contributed by atoms with E-state index in [4.69, 9.17) is 14.2 Å². The fourth-order valence-corrected chi connectivity index (χ4v) is 8.25. The molecule has 44 heavy (non-hydrogen) atoms. The van der Waals surface area contributed by atoms with Crippen molar-refractivity contribution < 1.29 is 28.6 Å². The van der Waals surface area contributed by atoms with Crippen molar-refractivity contribution in [3.05, 3.63) is 0 Å². The largest absolute Gasteiger partial charge is 0.462 e. The highest BCUT2D eigenvalue weighted by Crippen LogP contribution is 2.41. The van der Waals surface area contributed by atoms with Crippen LogP contribution < -0.4 is 0 Å². The van der Waals surface area contributed by atoms with E-state index in [0.29, 0.717) is 38.5 Å². The molecule has 0 saturated carbocycles. The van der Waals surface area contributed by atoms with Crippen LogP contribution in [0.15, 0.2) is 0 Å². The Bertz CT molecular complexity index is 984. The molecule has 0 bridgehead atoms. The quantitative estimate of drug-likeness (QED) is 0.205. The number of ether oxygens (including phenoxy) is 3. The predicted molar refractivity (Wildman–Crippen MR) is 173 cm³/mol. The third-order valence-corrected chi connectivity index (χ3v) is 11.6. The van der Waals surface area contributed by atoms with Crippen LogP contribution in [-0.2, 0) is 28.6 Å². The Kier molecular flexibility index (Phi) is 10.1. The topological polar surface area (TPSA) is 88.6 Å². The monoisotopic (exact) mass is 621 g/mol.